The minimum absolute atomic E-state index is 0.217. The van der Waals surface area contributed by atoms with Crippen molar-refractivity contribution in [2.75, 3.05) is 22.4 Å². The highest BCUT2D eigenvalue weighted by molar-refractivity contribution is 7.92. The fourth-order valence-corrected chi connectivity index (χ4v) is 4.18. The Morgan fingerprint density at radius 2 is 1.62 bits per heavy atom. The molecule has 3 rings (SSSR count). The fraction of sp³-hybridized carbons (Fsp3) is 0.167. The summed E-state index contributed by atoms with van der Waals surface area (Å²) < 4.78 is 25.8. The summed E-state index contributed by atoms with van der Waals surface area (Å²) in [5, 5.41) is 3.00. The lowest BCUT2D eigenvalue weighted by atomic mass is 10.0. The van der Waals surface area contributed by atoms with Crippen molar-refractivity contribution in [1.82, 2.24) is 0 Å². The van der Waals surface area contributed by atoms with Gasteiger partial charge in [-0.2, -0.15) is 0 Å². The van der Waals surface area contributed by atoms with Gasteiger partial charge in [-0.25, -0.2) is 8.42 Å². The highest BCUT2D eigenvalue weighted by atomic mass is 35.5. The van der Waals surface area contributed by atoms with Crippen molar-refractivity contribution in [3.8, 4) is 0 Å². The molecule has 166 valence electrons. The Kier molecular flexibility index (Phi) is 7.01. The number of benzene rings is 3. The summed E-state index contributed by atoms with van der Waals surface area (Å²) >= 11 is 6.08. The smallest absolute Gasteiger partial charge is 0.245 e. The van der Waals surface area contributed by atoms with E-state index in [0.29, 0.717) is 16.3 Å². The van der Waals surface area contributed by atoms with Gasteiger partial charge in [0.05, 0.1) is 17.6 Å². The lowest BCUT2D eigenvalue weighted by Gasteiger charge is -2.23. The predicted octanol–water partition coefficient (Wildman–Crippen LogP) is 4.59. The van der Waals surface area contributed by atoms with E-state index in [-0.39, 0.29) is 17.0 Å². The molecule has 0 spiro atoms. The van der Waals surface area contributed by atoms with Crippen LogP contribution < -0.4 is 9.62 Å². The summed E-state index contributed by atoms with van der Waals surface area (Å²) in [5.41, 5.74) is 3.22. The summed E-state index contributed by atoms with van der Waals surface area (Å²) in [5.74, 6) is -0.893. The molecule has 6 nitrogen and oxygen atoms in total. The maximum absolute atomic E-state index is 13.0. The summed E-state index contributed by atoms with van der Waals surface area (Å²) in [6, 6.07) is 18.3. The van der Waals surface area contributed by atoms with Crippen molar-refractivity contribution in [1.29, 1.82) is 0 Å². The van der Waals surface area contributed by atoms with E-state index >= 15 is 0 Å². The number of amides is 1. The van der Waals surface area contributed by atoms with Crippen LogP contribution in [-0.2, 0) is 14.8 Å². The van der Waals surface area contributed by atoms with Gasteiger partial charge in [0.25, 0.3) is 0 Å². The molecule has 3 aromatic carbocycles. The molecule has 3 aromatic rings. The van der Waals surface area contributed by atoms with Crippen LogP contribution in [0.4, 0.5) is 11.4 Å². The lowest BCUT2D eigenvalue weighted by Crippen LogP contribution is -2.37. The number of rotatable bonds is 7. The molecule has 0 aliphatic rings. The molecule has 0 aliphatic carbocycles. The standard InChI is InChI=1S/C24H23ClN2O4S/c1-16-9-11-20(13-17(16)2)27(32(3,30)31)15-23(28)26-22-12-10-19(25)14-21(22)24(29)18-7-5-4-6-8-18/h4-14H,15H2,1-3H3,(H,26,28). The van der Waals surface area contributed by atoms with Crippen molar-refractivity contribution in [3.05, 3.63) is 94.0 Å². The number of sulfonamides is 1. The number of nitrogens with one attached hydrogen (secondary N) is 1. The van der Waals surface area contributed by atoms with E-state index in [1.807, 2.05) is 13.8 Å². The molecule has 1 amide bonds. The lowest BCUT2D eigenvalue weighted by molar-refractivity contribution is -0.114. The third kappa shape index (κ3) is 5.55. The zero-order valence-corrected chi connectivity index (χ0v) is 19.5. The first-order valence-electron chi connectivity index (χ1n) is 9.80. The van der Waals surface area contributed by atoms with Crippen molar-refractivity contribution < 1.29 is 18.0 Å². The van der Waals surface area contributed by atoms with E-state index in [2.05, 4.69) is 5.32 Å². The van der Waals surface area contributed by atoms with Crippen molar-refractivity contribution in [3.63, 3.8) is 0 Å². The normalized spacial score (nSPS) is 11.1. The molecule has 0 fully saturated rings. The molecule has 8 heteroatoms. The van der Waals surface area contributed by atoms with Crippen LogP contribution in [0.15, 0.2) is 66.7 Å². The number of halogens is 1. The van der Waals surface area contributed by atoms with Crippen LogP contribution >= 0.6 is 11.6 Å². The van der Waals surface area contributed by atoms with E-state index in [4.69, 9.17) is 11.6 Å². The zero-order valence-electron chi connectivity index (χ0n) is 17.9. The maximum Gasteiger partial charge on any atom is 0.245 e. The fourth-order valence-electron chi connectivity index (χ4n) is 3.16. The quantitative estimate of drug-likeness (QED) is 0.512. The van der Waals surface area contributed by atoms with Crippen LogP contribution in [0.5, 0.6) is 0 Å². The first-order chi connectivity index (χ1) is 15.1. The number of hydrogen-bond donors (Lipinski definition) is 1. The molecule has 0 heterocycles. The number of anilines is 2. The van der Waals surface area contributed by atoms with E-state index < -0.39 is 22.5 Å². The molecule has 0 saturated heterocycles. The Morgan fingerprint density at radius 1 is 0.938 bits per heavy atom. The van der Waals surface area contributed by atoms with Gasteiger partial charge < -0.3 is 5.32 Å². The third-order valence-electron chi connectivity index (χ3n) is 5.00. The number of nitrogens with zero attached hydrogens (tertiary/aromatic N) is 1. The number of carbonyl (C=O) groups excluding carboxylic acids is 2. The maximum atomic E-state index is 13.0. The van der Waals surface area contributed by atoms with E-state index in [1.54, 1.807) is 54.6 Å². The summed E-state index contributed by atoms with van der Waals surface area (Å²) in [4.78, 5) is 25.8. The molecule has 1 N–H and O–H groups in total. The Bertz CT molecular complexity index is 1270. The number of aryl methyl sites for hydroxylation is 2. The van der Waals surface area contributed by atoms with Gasteiger partial charge in [0.15, 0.2) is 5.78 Å². The van der Waals surface area contributed by atoms with Gasteiger partial charge in [0, 0.05) is 16.1 Å². The van der Waals surface area contributed by atoms with Gasteiger partial charge in [-0.05, 0) is 55.3 Å². The first kappa shape index (κ1) is 23.5. The Morgan fingerprint density at radius 3 is 2.25 bits per heavy atom. The summed E-state index contributed by atoms with van der Waals surface area (Å²) in [6.07, 6.45) is 1.04. The second-order valence-electron chi connectivity index (χ2n) is 7.47. The second kappa shape index (κ2) is 9.54. The Labute approximate surface area is 192 Å². The van der Waals surface area contributed by atoms with E-state index in [9.17, 15) is 18.0 Å². The van der Waals surface area contributed by atoms with Gasteiger partial charge in [-0.15, -0.1) is 0 Å². The van der Waals surface area contributed by atoms with Crippen molar-refractivity contribution >= 4 is 44.7 Å². The minimum Gasteiger partial charge on any atom is -0.324 e. The largest absolute Gasteiger partial charge is 0.324 e. The van der Waals surface area contributed by atoms with Gasteiger partial charge in [0.2, 0.25) is 15.9 Å². The van der Waals surface area contributed by atoms with Crippen LogP contribution in [-0.4, -0.2) is 32.9 Å². The molecular formula is C24H23ClN2O4S. The van der Waals surface area contributed by atoms with Gasteiger partial charge in [0.1, 0.15) is 6.54 Å². The molecule has 0 atom stereocenters. The third-order valence-corrected chi connectivity index (χ3v) is 6.38. The Balaban J connectivity index is 1.89. The molecule has 0 radical (unpaired) electrons. The van der Waals surface area contributed by atoms with Crippen LogP contribution in [0.2, 0.25) is 5.02 Å². The minimum atomic E-state index is -3.73. The monoisotopic (exact) mass is 470 g/mol. The molecule has 32 heavy (non-hydrogen) atoms. The van der Waals surface area contributed by atoms with Crippen LogP contribution in [0.1, 0.15) is 27.0 Å². The zero-order chi connectivity index (χ0) is 23.5. The molecule has 0 aliphatic heterocycles. The van der Waals surface area contributed by atoms with Gasteiger partial charge in [-0.3, -0.25) is 13.9 Å². The van der Waals surface area contributed by atoms with Crippen molar-refractivity contribution in [2.45, 2.75) is 13.8 Å². The first-order valence-corrected chi connectivity index (χ1v) is 12.0. The molecule has 0 aromatic heterocycles. The van der Waals surface area contributed by atoms with Crippen LogP contribution in [0.3, 0.4) is 0 Å². The SMILES string of the molecule is Cc1ccc(N(CC(=O)Nc2ccc(Cl)cc2C(=O)c2ccccc2)S(C)(=O)=O)cc1C. The number of carbonyl (C=O) groups is 2. The molecule has 0 saturated carbocycles. The highest BCUT2D eigenvalue weighted by Crippen LogP contribution is 2.25. The van der Waals surface area contributed by atoms with E-state index in [0.717, 1.165) is 21.7 Å². The van der Waals surface area contributed by atoms with Gasteiger partial charge in [-0.1, -0.05) is 48.0 Å². The molecular weight excluding hydrogens is 448 g/mol. The Hall–Kier alpha value is -3.16. The predicted molar refractivity (Wildman–Crippen MR) is 128 cm³/mol. The number of ketones is 1. The molecule has 0 unspecified atom stereocenters. The average molecular weight is 471 g/mol. The molecule has 0 bridgehead atoms. The summed E-state index contributed by atoms with van der Waals surface area (Å²) in [7, 11) is -3.73. The number of hydrogen-bond acceptors (Lipinski definition) is 4. The van der Waals surface area contributed by atoms with Crippen LogP contribution in [0.25, 0.3) is 0 Å². The second-order valence-corrected chi connectivity index (χ2v) is 9.81. The van der Waals surface area contributed by atoms with Crippen molar-refractivity contribution in [2.24, 2.45) is 0 Å². The summed E-state index contributed by atoms with van der Waals surface area (Å²) in [6.45, 7) is 3.35. The topological polar surface area (TPSA) is 83.6 Å². The average Bonchev–Trinajstić information content (AvgIpc) is 2.74. The van der Waals surface area contributed by atoms with Gasteiger partial charge >= 0.3 is 0 Å². The van der Waals surface area contributed by atoms with E-state index in [1.165, 1.54) is 12.1 Å². The van der Waals surface area contributed by atoms with Crippen LogP contribution in [0, 0.1) is 13.8 Å². The highest BCUT2D eigenvalue weighted by Gasteiger charge is 2.23.